The minimum atomic E-state index is -0.0326. The first-order valence-electron chi connectivity index (χ1n) is 4.94. The van der Waals surface area contributed by atoms with E-state index in [-0.39, 0.29) is 6.04 Å². The van der Waals surface area contributed by atoms with Crippen molar-refractivity contribution in [2.45, 2.75) is 13.0 Å². The van der Waals surface area contributed by atoms with Crippen molar-refractivity contribution in [2.24, 2.45) is 5.84 Å². The molecule has 5 nitrogen and oxygen atoms in total. The fraction of sp³-hybridized carbons (Fsp3) is 0.455. The maximum absolute atomic E-state index is 5.41. The molecule has 3 N–H and O–H groups in total. The first-order chi connectivity index (χ1) is 7.69. The highest BCUT2D eigenvalue weighted by molar-refractivity contribution is 5.56. The summed E-state index contributed by atoms with van der Waals surface area (Å²) in [5.74, 6) is 7.25. The van der Waals surface area contributed by atoms with Gasteiger partial charge in [-0.2, -0.15) is 0 Å². The average Bonchev–Trinajstić information content (AvgIpc) is 2.35. The van der Waals surface area contributed by atoms with Gasteiger partial charge >= 0.3 is 0 Å². The minimum Gasteiger partial charge on any atom is -0.493 e. The molecule has 0 aromatic heterocycles. The van der Waals surface area contributed by atoms with E-state index in [1.54, 1.807) is 21.3 Å². The van der Waals surface area contributed by atoms with Gasteiger partial charge in [-0.25, -0.2) is 0 Å². The molecule has 1 aromatic carbocycles. The van der Waals surface area contributed by atoms with Gasteiger partial charge in [0, 0.05) is 11.6 Å². The van der Waals surface area contributed by atoms with Crippen molar-refractivity contribution in [1.82, 2.24) is 5.43 Å². The number of hydrogen-bond acceptors (Lipinski definition) is 5. The lowest BCUT2D eigenvalue weighted by atomic mass is 10.1. The maximum Gasteiger partial charge on any atom is 0.203 e. The summed E-state index contributed by atoms with van der Waals surface area (Å²) in [7, 11) is 4.75. The second kappa shape index (κ2) is 5.58. The summed E-state index contributed by atoms with van der Waals surface area (Å²) in [6.07, 6.45) is 0. The first kappa shape index (κ1) is 12.6. The summed E-state index contributed by atoms with van der Waals surface area (Å²) < 4.78 is 15.8. The standard InChI is InChI=1S/C11H18N2O3/c1-7(13-12)8-5-6-9(14-2)11(16-4)10(8)15-3/h5-7,13H,12H2,1-4H3/t7-/m1/s1. The van der Waals surface area contributed by atoms with E-state index in [2.05, 4.69) is 5.43 Å². The van der Waals surface area contributed by atoms with Crippen LogP contribution in [0, 0.1) is 0 Å². The summed E-state index contributed by atoms with van der Waals surface area (Å²) in [5, 5.41) is 0. The fourth-order valence-corrected chi connectivity index (χ4v) is 1.56. The number of benzene rings is 1. The number of rotatable bonds is 5. The van der Waals surface area contributed by atoms with Crippen molar-refractivity contribution in [3.05, 3.63) is 17.7 Å². The van der Waals surface area contributed by atoms with E-state index in [1.807, 2.05) is 19.1 Å². The zero-order valence-corrected chi connectivity index (χ0v) is 10.0. The van der Waals surface area contributed by atoms with E-state index < -0.39 is 0 Å². The highest BCUT2D eigenvalue weighted by Crippen LogP contribution is 2.41. The van der Waals surface area contributed by atoms with Crippen molar-refractivity contribution in [2.75, 3.05) is 21.3 Å². The predicted octanol–water partition coefficient (Wildman–Crippen LogP) is 1.24. The number of ether oxygens (including phenoxy) is 3. The van der Waals surface area contributed by atoms with Crippen LogP contribution in [0.25, 0.3) is 0 Å². The molecular weight excluding hydrogens is 208 g/mol. The Morgan fingerprint density at radius 2 is 1.69 bits per heavy atom. The Hall–Kier alpha value is -1.46. The van der Waals surface area contributed by atoms with Gasteiger partial charge in [-0.05, 0) is 19.1 Å². The molecule has 0 aliphatic heterocycles. The highest BCUT2D eigenvalue weighted by atomic mass is 16.5. The molecule has 0 saturated heterocycles. The lowest BCUT2D eigenvalue weighted by Crippen LogP contribution is -2.26. The first-order valence-corrected chi connectivity index (χ1v) is 4.94. The SMILES string of the molecule is COc1ccc([C@@H](C)NN)c(OC)c1OC. The number of methoxy groups -OCH3 is 3. The molecule has 0 aliphatic carbocycles. The molecule has 90 valence electrons. The van der Waals surface area contributed by atoms with Crippen molar-refractivity contribution in [1.29, 1.82) is 0 Å². The minimum absolute atomic E-state index is 0.0326. The average molecular weight is 226 g/mol. The summed E-state index contributed by atoms with van der Waals surface area (Å²) in [5.41, 5.74) is 3.59. The third-order valence-electron chi connectivity index (χ3n) is 2.45. The van der Waals surface area contributed by atoms with Crippen LogP contribution < -0.4 is 25.5 Å². The Kier molecular flexibility index (Phi) is 4.39. The molecule has 1 aromatic rings. The second-order valence-corrected chi connectivity index (χ2v) is 3.31. The van der Waals surface area contributed by atoms with Crippen LogP contribution in [0.4, 0.5) is 0 Å². The number of nitrogens with one attached hydrogen (secondary N) is 1. The summed E-state index contributed by atoms with van der Waals surface area (Å²) in [6.45, 7) is 1.93. The van der Waals surface area contributed by atoms with Crippen LogP contribution in [-0.4, -0.2) is 21.3 Å². The topological polar surface area (TPSA) is 65.7 Å². The smallest absolute Gasteiger partial charge is 0.203 e. The zero-order chi connectivity index (χ0) is 12.1. The fourth-order valence-electron chi connectivity index (χ4n) is 1.56. The molecule has 0 fully saturated rings. The monoisotopic (exact) mass is 226 g/mol. The molecule has 0 heterocycles. The van der Waals surface area contributed by atoms with Gasteiger partial charge in [0.1, 0.15) is 0 Å². The van der Waals surface area contributed by atoms with Crippen molar-refractivity contribution in [3.63, 3.8) is 0 Å². The Balaban J connectivity index is 3.31. The van der Waals surface area contributed by atoms with Gasteiger partial charge in [0.25, 0.3) is 0 Å². The van der Waals surface area contributed by atoms with Gasteiger partial charge in [-0.3, -0.25) is 11.3 Å². The van der Waals surface area contributed by atoms with E-state index in [9.17, 15) is 0 Å². The molecule has 0 bridgehead atoms. The summed E-state index contributed by atoms with van der Waals surface area (Å²) in [6, 6.07) is 3.68. The second-order valence-electron chi connectivity index (χ2n) is 3.31. The Morgan fingerprint density at radius 1 is 1.06 bits per heavy atom. The largest absolute Gasteiger partial charge is 0.493 e. The van der Waals surface area contributed by atoms with Crippen molar-refractivity contribution in [3.8, 4) is 17.2 Å². The molecule has 0 spiro atoms. The number of hydrogen-bond donors (Lipinski definition) is 2. The normalized spacial score (nSPS) is 12.1. The predicted molar refractivity (Wildman–Crippen MR) is 61.8 cm³/mol. The zero-order valence-electron chi connectivity index (χ0n) is 10.0. The Labute approximate surface area is 95.5 Å². The van der Waals surface area contributed by atoms with Crippen molar-refractivity contribution >= 4 is 0 Å². The van der Waals surface area contributed by atoms with Gasteiger partial charge in [-0.1, -0.05) is 0 Å². The summed E-state index contributed by atoms with van der Waals surface area (Å²) >= 11 is 0. The van der Waals surface area contributed by atoms with Gasteiger partial charge < -0.3 is 14.2 Å². The van der Waals surface area contributed by atoms with Gasteiger partial charge in [0.05, 0.1) is 21.3 Å². The van der Waals surface area contributed by atoms with Crippen LogP contribution >= 0.6 is 0 Å². The molecule has 5 heteroatoms. The maximum atomic E-state index is 5.41. The van der Waals surface area contributed by atoms with E-state index >= 15 is 0 Å². The van der Waals surface area contributed by atoms with E-state index in [0.29, 0.717) is 17.2 Å². The van der Waals surface area contributed by atoms with Crippen LogP contribution in [0.5, 0.6) is 17.2 Å². The van der Waals surface area contributed by atoms with Gasteiger partial charge in [0.15, 0.2) is 11.5 Å². The quantitative estimate of drug-likeness (QED) is 0.584. The van der Waals surface area contributed by atoms with E-state index in [1.165, 1.54) is 0 Å². The lowest BCUT2D eigenvalue weighted by Gasteiger charge is -2.19. The molecule has 0 radical (unpaired) electrons. The molecule has 16 heavy (non-hydrogen) atoms. The van der Waals surface area contributed by atoms with Crippen LogP contribution in [0.2, 0.25) is 0 Å². The van der Waals surface area contributed by atoms with Gasteiger partial charge in [-0.15, -0.1) is 0 Å². The third kappa shape index (κ3) is 2.20. The molecule has 1 atom stereocenters. The number of nitrogens with two attached hydrogens (primary N) is 1. The Morgan fingerprint density at radius 3 is 2.12 bits per heavy atom. The molecule has 0 saturated carbocycles. The van der Waals surface area contributed by atoms with Gasteiger partial charge in [0.2, 0.25) is 5.75 Å². The van der Waals surface area contributed by atoms with Crippen LogP contribution in [0.15, 0.2) is 12.1 Å². The van der Waals surface area contributed by atoms with Crippen LogP contribution in [0.1, 0.15) is 18.5 Å². The highest BCUT2D eigenvalue weighted by Gasteiger charge is 2.18. The van der Waals surface area contributed by atoms with Crippen molar-refractivity contribution < 1.29 is 14.2 Å². The van der Waals surface area contributed by atoms with Crippen LogP contribution in [-0.2, 0) is 0 Å². The van der Waals surface area contributed by atoms with Crippen LogP contribution in [0.3, 0.4) is 0 Å². The number of hydrazine groups is 1. The van der Waals surface area contributed by atoms with E-state index in [4.69, 9.17) is 20.1 Å². The molecule has 0 amide bonds. The Bertz CT molecular complexity index is 355. The third-order valence-corrected chi connectivity index (χ3v) is 2.45. The summed E-state index contributed by atoms with van der Waals surface area (Å²) in [4.78, 5) is 0. The molecular formula is C11H18N2O3. The lowest BCUT2D eigenvalue weighted by molar-refractivity contribution is 0.320. The molecule has 0 aliphatic rings. The molecule has 1 rings (SSSR count). The molecule has 0 unspecified atom stereocenters. The van der Waals surface area contributed by atoms with E-state index in [0.717, 1.165) is 5.56 Å².